The monoisotopic (exact) mass is 285 g/mol. The fourth-order valence-electron chi connectivity index (χ4n) is 1.51. The van der Waals surface area contributed by atoms with E-state index in [2.05, 4.69) is 15.3 Å². The van der Waals surface area contributed by atoms with Gasteiger partial charge in [-0.25, -0.2) is 9.37 Å². The van der Waals surface area contributed by atoms with E-state index in [1.807, 2.05) is 6.92 Å². The van der Waals surface area contributed by atoms with Crippen molar-refractivity contribution in [2.75, 3.05) is 11.9 Å². The Kier molecular flexibility index (Phi) is 3.99. The topological polar surface area (TPSA) is 37.8 Å². The number of rotatable bonds is 3. The molecule has 2 aromatic rings. The molecule has 6 heteroatoms. The summed E-state index contributed by atoms with van der Waals surface area (Å²) in [4.78, 5) is 7.94. The molecule has 0 spiro atoms. The van der Waals surface area contributed by atoms with E-state index in [1.165, 1.54) is 12.3 Å². The van der Waals surface area contributed by atoms with Crippen LogP contribution in [0.5, 0.6) is 0 Å². The van der Waals surface area contributed by atoms with Gasteiger partial charge in [0.1, 0.15) is 5.82 Å². The summed E-state index contributed by atoms with van der Waals surface area (Å²) in [6.07, 6.45) is 2.60. The highest BCUT2D eigenvalue weighted by Crippen LogP contribution is 2.33. The number of nitrogens with zero attached hydrogens (tertiary/aromatic N) is 2. The Hall–Kier alpha value is -1.39. The molecule has 0 saturated carbocycles. The molecule has 0 radical (unpaired) electrons. The molecule has 0 aliphatic rings. The molecule has 0 aromatic carbocycles. The van der Waals surface area contributed by atoms with Crippen molar-refractivity contribution in [3.8, 4) is 11.3 Å². The number of hydrogen-bond acceptors (Lipinski definition) is 3. The van der Waals surface area contributed by atoms with E-state index in [0.29, 0.717) is 33.7 Å². The lowest BCUT2D eigenvalue weighted by Crippen LogP contribution is -2.02. The second-order valence-electron chi connectivity index (χ2n) is 3.54. The van der Waals surface area contributed by atoms with Crippen molar-refractivity contribution in [2.24, 2.45) is 0 Å². The standard InChI is InChI=1S/C12H10Cl2FN3/c1-2-17-12-9(14)5-8(13)11(18-12)7-3-4-16-6-10(7)15/h3-6H,2H2,1H3,(H,17,18). The van der Waals surface area contributed by atoms with Gasteiger partial charge in [0, 0.05) is 18.3 Å². The quantitative estimate of drug-likeness (QED) is 0.926. The van der Waals surface area contributed by atoms with Crippen molar-refractivity contribution in [1.29, 1.82) is 0 Å². The molecule has 0 fully saturated rings. The van der Waals surface area contributed by atoms with Crippen LogP contribution in [0.2, 0.25) is 10.0 Å². The molecule has 0 amide bonds. The van der Waals surface area contributed by atoms with Crippen LogP contribution in [0, 0.1) is 5.82 Å². The van der Waals surface area contributed by atoms with E-state index in [9.17, 15) is 4.39 Å². The lowest BCUT2D eigenvalue weighted by atomic mass is 10.1. The highest BCUT2D eigenvalue weighted by Gasteiger charge is 2.14. The van der Waals surface area contributed by atoms with Gasteiger partial charge >= 0.3 is 0 Å². The zero-order chi connectivity index (χ0) is 13.1. The number of nitrogens with one attached hydrogen (secondary N) is 1. The maximum absolute atomic E-state index is 13.7. The Labute approximate surface area is 114 Å². The lowest BCUT2D eigenvalue weighted by Gasteiger charge is -2.10. The van der Waals surface area contributed by atoms with Crippen molar-refractivity contribution in [1.82, 2.24) is 9.97 Å². The number of aromatic nitrogens is 2. The average molecular weight is 286 g/mol. The van der Waals surface area contributed by atoms with Crippen LogP contribution < -0.4 is 5.32 Å². The minimum atomic E-state index is -0.475. The van der Waals surface area contributed by atoms with Crippen LogP contribution in [-0.4, -0.2) is 16.5 Å². The molecule has 2 rings (SSSR count). The van der Waals surface area contributed by atoms with Gasteiger partial charge in [-0.05, 0) is 19.1 Å². The average Bonchev–Trinajstić information content (AvgIpc) is 2.34. The predicted molar refractivity (Wildman–Crippen MR) is 71.6 cm³/mol. The smallest absolute Gasteiger partial charge is 0.150 e. The molecule has 0 bridgehead atoms. The van der Waals surface area contributed by atoms with Gasteiger partial charge in [0.15, 0.2) is 5.82 Å². The van der Waals surface area contributed by atoms with E-state index in [0.717, 1.165) is 6.20 Å². The number of anilines is 1. The zero-order valence-corrected chi connectivity index (χ0v) is 11.1. The fourth-order valence-corrected chi connectivity index (χ4v) is 2.04. The molecule has 0 aliphatic carbocycles. The SMILES string of the molecule is CCNc1nc(-c2ccncc2F)c(Cl)cc1Cl. The Morgan fingerprint density at radius 3 is 2.78 bits per heavy atom. The van der Waals surface area contributed by atoms with Crippen molar-refractivity contribution in [3.05, 3.63) is 40.4 Å². The third kappa shape index (κ3) is 2.54. The summed E-state index contributed by atoms with van der Waals surface area (Å²) >= 11 is 12.0. The first-order valence-corrected chi connectivity index (χ1v) is 6.09. The highest BCUT2D eigenvalue weighted by atomic mass is 35.5. The van der Waals surface area contributed by atoms with Gasteiger partial charge in [-0.1, -0.05) is 23.2 Å². The maximum atomic E-state index is 13.7. The van der Waals surface area contributed by atoms with Crippen molar-refractivity contribution in [3.63, 3.8) is 0 Å². The maximum Gasteiger partial charge on any atom is 0.150 e. The van der Waals surface area contributed by atoms with Crippen LogP contribution in [0.15, 0.2) is 24.5 Å². The number of hydrogen-bond donors (Lipinski definition) is 1. The van der Waals surface area contributed by atoms with Gasteiger partial charge in [-0.3, -0.25) is 4.98 Å². The molecule has 0 aliphatic heterocycles. The van der Waals surface area contributed by atoms with Crippen LogP contribution in [0.25, 0.3) is 11.3 Å². The Morgan fingerprint density at radius 2 is 2.11 bits per heavy atom. The first-order valence-electron chi connectivity index (χ1n) is 5.33. The number of halogens is 3. The van der Waals surface area contributed by atoms with Gasteiger partial charge in [0.2, 0.25) is 0 Å². The Bertz CT molecular complexity index is 575. The van der Waals surface area contributed by atoms with E-state index >= 15 is 0 Å². The summed E-state index contributed by atoms with van der Waals surface area (Å²) in [6.45, 7) is 2.58. The molecule has 2 aromatic heterocycles. The minimum absolute atomic E-state index is 0.297. The number of pyridine rings is 2. The van der Waals surface area contributed by atoms with Crippen LogP contribution in [0.4, 0.5) is 10.2 Å². The minimum Gasteiger partial charge on any atom is -0.369 e. The van der Waals surface area contributed by atoms with E-state index in [1.54, 1.807) is 6.07 Å². The van der Waals surface area contributed by atoms with E-state index in [4.69, 9.17) is 23.2 Å². The third-order valence-corrected chi connectivity index (χ3v) is 2.88. The summed E-state index contributed by atoms with van der Waals surface area (Å²) < 4.78 is 13.7. The molecule has 18 heavy (non-hydrogen) atoms. The van der Waals surface area contributed by atoms with Gasteiger partial charge in [0.05, 0.1) is 21.9 Å². The van der Waals surface area contributed by atoms with Crippen LogP contribution >= 0.6 is 23.2 Å². The molecule has 0 atom stereocenters. The third-order valence-electron chi connectivity index (χ3n) is 2.30. The van der Waals surface area contributed by atoms with Gasteiger partial charge in [-0.15, -0.1) is 0 Å². The second kappa shape index (κ2) is 5.50. The van der Waals surface area contributed by atoms with Gasteiger partial charge in [-0.2, -0.15) is 0 Å². The first-order chi connectivity index (χ1) is 8.63. The predicted octanol–water partition coefficient (Wildman–Crippen LogP) is 4.02. The van der Waals surface area contributed by atoms with E-state index < -0.39 is 5.82 Å². The largest absolute Gasteiger partial charge is 0.369 e. The van der Waals surface area contributed by atoms with Gasteiger partial charge < -0.3 is 5.32 Å². The fraction of sp³-hybridized carbons (Fsp3) is 0.167. The molecule has 1 N–H and O–H groups in total. The van der Waals surface area contributed by atoms with Crippen molar-refractivity contribution >= 4 is 29.0 Å². The van der Waals surface area contributed by atoms with Crippen LogP contribution in [0.3, 0.4) is 0 Å². The second-order valence-corrected chi connectivity index (χ2v) is 4.35. The molecule has 0 saturated heterocycles. The molecular weight excluding hydrogens is 276 g/mol. The summed E-state index contributed by atoms with van der Waals surface area (Å²) in [7, 11) is 0. The molecule has 94 valence electrons. The molecule has 3 nitrogen and oxygen atoms in total. The Balaban J connectivity index is 2.57. The highest BCUT2D eigenvalue weighted by molar-refractivity contribution is 6.37. The van der Waals surface area contributed by atoms with E-state index in [-0.39, 0.29) is 0 Å². The molecule has 2 heterocycles. The molecular formula is C12H10Cl2FN3. The van der Waals surface area contributed by atoms with Crippen molar-refractivity contribution < 1.29 is 4.39 Å². The zero-order valence-electron chi connectivity index (χ0n) is 9.54. The molecule has 0 unspecified atom stereocenters. The van der Waals surface area contributed by atoms with Crippen LogP contribution in [0.1, 0.15) is 6.92 Å². The first kappa shape index (κ1) is 13.1. The summed E-state index contributed by atoms with van der Waals surface area (Å²) in [5.74, 6) is 0.00597. The summed E-state index contributed by atoms with van der Waals surface area (Å²) in [5.41, 5.74) is 0.641. The lowest BCUT2D eigenvalue weighted by molar-refractivity contribution is 0.624. The summed E-state index contributed by atoms with van der Waals surface area (Å²) in [5, 5.41) is 3.69. The summed E-state index contributed by atoms with van der Waals surface area (Å²) in [6, 6.07) is 3.07. The Morgan fingerprint density at radius 1 is 1.33 bits per heavy atom. The van der Waals surface area contributed by atoms with Gasteiger partial charge in [0.25, 0.3) is 0 Å². The van der Waals surface area contributed by atoms with Crippen molar-refractivity contribution in [2.45, 2.75) is 6.92 Å². The normalized spacial score (nSPS) is 10.4. The van der Waals surface area contributed by atoms with Crippen LogP contribution in [-0.2, 0) is 0 Å².